The summed E-state index contributed by atoms with van der Waals surface area (Å²) in [5.41, 5.74) is 1.66. The first-order valence-electron chi connectivity index (χ1n) is 9.19. The number of nitriles is 1. The zero-order valence-electron chi connectivity index (χ0n) is 16.5. The molecule has 0 unspecified atom stereocenters. The number of aromatic amines is 1. The normalized spacial score (nSPS) is 10.8. The molecule has 0 aliphatic heterocycles. The number of fused-ring (bicyclic) bond motifs is 1. The minimum atomic E-state index is -0.712. The fraction of sp³-hybridized carbons (Fsp3) is 0.143. The van der Waals surface area contributed by atoms with Crippen molar-refractivity contribution in [2.24, 2.45) is 0 Å². The van der Waals surface area contributed by atoms with Gasteiger partial charge in [0, 0.05) is 6.20 Å². The van der Waals surface area contributed by atoms with Gasteiger partial charge < -0.3 is 10.1 Å². The molecule has 0 aliphatic rings. The van der Waals surface area contributed by atoms with Crippen LogP contribution in [0.3, 0.4) is 0 Å². The van der Waals surface area contributed by atoms with Gasteiger partial charge in [-0.1, -0.05) is 6.07 Å². The van der Waals surface area contributed by atoms with E-state index in [1.165, 1.54) is 16.7 Å². The zero-order chi connectivity index (χ0) is 22.1. The van der Waals surface area contributed by atoms with Crippen LogP contribution < -0.4 is 10.1 Å². The van der Waals surface area contributed by atoms with Crippen molar-refractivity contribution < 1.29 is 18.3 Å². The van der Waals surface area contributed by atoms with Crippen molar-refractivity contribution in [3.8, 4) is 11.8 Å². The fourth-order valence-electron chi connectivity index (χ4n) is 3.20. The number of nitrogens with zero attached hydrogens (tertiary/aromatic N) is 4. The van der Waals surface area contributed by atoms with Gasteiger partial charge in [0.1, 0.15) is 41.4 Å². The van der Waals surface area contributed by atoms with Crippen molar-refractivity contribution >= 4 is 17.4 Å². The Morgan fingerprint density at radius 1 is 1.32 bits per heavy atom. The van der Waals surface area contributed by atoms with Gasteiger partial charge in [-0.25, -0.2) is 13.8 Å². The minimum Gasteiger partial charge on any atom is -0.485 e. The van der Waals surface area contributed by atoms with E-state index in [9.17, 15) is 13.6 Å². The molecule has 0 atom stereocenters. The number of hydrogen-bond donors (Lipinski definition) is 2. The molecule has 8 nitrogen and oxygen atoms in total. The lowest BCUT2D eigenvalue weighted by molar-refractivity contribution is 0.102. The average Bonchev–Trinajstić information content (AvgIpc) is 3.30. The van der Waals surface area contributed by atoms with Crippen LogP contribution in [-0.4, -0.2) is 25.5 Å². The molecule has 1 aromatic carbocycles. The molecule has 0 bridgehead atoms. The van der Waals surface area contributed by atoms with Gasteiger partial charge in [0.15, 0.2) is 11.4 Å². The summed E-state index contributed by atoms with van der Waals surface area (Å²) in [6, 6.07) is 7.18. The fourth-order valence-corrected chi connectivity index (χ4v) is 3.20. The number of imidazole rings is 1. The van der Waals surface area contributed by atoms with E-state index < -0.39 is 17.5 Å². The number of pyridine rings is 1. The van der Waals surface area contributed by atoms with E-state index in [1.54, 1.807) is 26.1 Å². The number of benzene rings is 1. The van der Waals surface area contributed by atoms with E-state index in [-0.39, 0.29) is 35.0 Å². The number of H-pyrrole nitrogens is 1. The molecule has 1 amide bonds. The smallest absolute Gasteiger partial charge is 0.275 e. The molecular formula is C21H16F2N6O2. The van der Waals surface area contributed by atoms with Crippen LogP contribution in [0.15, 0.2) is 36.7 Å². The van der Waals surface area contributed by atoms with Crippen LogP contribution in [0.25, 0.3) is 5.65 Å². The molecular weight excluding hydrogens is 406 g/mol. The van der Waals surface area contributed by atoms with Crippen molar-refractivity contribution in [1.82, 2.24) is 19.6 Å². The van der Waals surface area contributed by atoms with E-state index in [4.69, 9.17) is 10.00 Å². The number of nitrogens with one attached hydrogen (secondary N) is 2. The number of carbonyl (C=O) groups is 1. The summed E-state index contributed by atoms with van der Waals surface area (Å²) in [4.78, 5) is 17.3. The molecule has 2 N–H and O–H groups in total. The Hall–Kier alpha value is -4.26. The lowest BCUT2D eigenvalue weighted by atomic mass is 10.2. The largest absolute Gasteiger partial charge is 0.485 e. The maximum absolute atomic E-state index is 13.9. The second kappa shape index (κ2) is 7.87. The number of anilines is 1. The Bertz CT molecular complexity index is 1330. The summed E-state index contributed by atoms with van der Waals surface area (Å²) in [6.07, 6.45) is 2.99. The van der Waals surface area contributed by atoms with E-state index in [1.807, 2.05) is 6.07 Å². The van der Waals surface area contributed by atoms with Gasteiger partial charge in [0.25, 0.3) is 5.91 Å². The highest BCUT2D eigenvalue weighted by Crippen LogP contribution is 2.26. The molecule has 0 radical (unpaired) electrons. The number of aromatic nitrogens is 4. The third kappa shape index (κ3) is 3.69. The third-order valence-corrected chi connectivity index (χ3v) is 4.64. The highest BCUT2D eigenvalue weighted by molar-refractivity contribution is 6.04. The van der Waals surface area contributed by atoms with Crippen LogP contribution in [0.2, 0.25) is 0 Å². The highest BCUT2D eigenvalue weighted by atomic mass is 19.1. The third-order valence-electron chi connectivity index (χ3n) is 4.64. The van der Waals surface area contributed by atoms with Crippen LogP contribution in [-0.2, 0) is 6.61 Å². The summed E-state index contributed by atoms with van der Waals surface area (Å²) in [5, 5.41) is 18.0. The number of halogens is 2. The standard InChI is InChI=1S/C21H16F2N6O2/c1-11-6-17(31-10-14-15(22)4-3-5-16(14)23)20-26-12(2)18(29(20)9-11)21(30)27-19-13(7-24)8-25-28-19/h3-6,8-9H,10H2,1-2H3,(H2,25,27,28,30). The van der Waals surface area contributed by atoms with Crippen LogP contribution in [0, 0.1) is 36.8 Å². The van der Waals surface area contributed by atoms with Gasteiger partial charge in [-0.05, 0) is 37.6 Å². The first-order chi connectivity index (χ1) is 14.9. The van der Waals surface area contributed by atoms with Gasteiger partial charge in [-0.3, -0.25) is 14.3 Å². The summed E-state index contributed by atoms with van der Waals surface area (Å²) < 4.78 is 35.1. The average molecular weight is 422 g/mol. The Morgan fingerprint density at radius 2 is 2.06 bits per heavy atom. The molecule has 4 rings (SSSR count). The van der Waals surface area contributed by atoms with Crippen molar-refractivity contribution in [3.05, 3.63) is 76.4 Å². The van der Waals surface area contributed by atoms with Gasteiger partial charge >= 0.3 is 0 Å². The number of rotatable bonds is 5. The molecule has 0 saturated heterocycles. The number of aryl methyl sites for hydroxylation is 2. The number of ether oxygens (including phenoxy) is 1. The molecule has 0 aliphatic carbocycles. The van der Waals surface area contributed by atoms with Gasteiger partial charge in [-0.15, -0.1) is 0 Å². The molecule has 0 saturated carbocycles. The summed E-state index contributed by atoms with van der Waals surface area (Å²) >= 11 is 0. The molecule has 31 heavy (non-hydrogen) atoms. The molecule has 0 fully saturated rings. The zero-order valence-corrected chi connectivity index (χ0v) is 16.5. The maximum atomic E-state index is 13.9. The van der Waals surface area contributed by atoms with Crippen LogP contribution in [0.5, 0.6) is 5.75 Å². The Balaban J connectivity index is 1.70. The summed E-state index contributed by atoms with van der Waals surface area (Å²) in [5.74, 6) is -1.50. The second-order valence-electron chi connectivity index (χ2n) is 6.83. The first-order valence-corrected chi connectivity index (χ1v) is 9.19. The van der Waals surface area contributed by atoms with Crippen LogP contribution >= 0.6 is 0 Å². The Morgan fingerprint density at radius 3 is 2.77 bits per heavy atom. The topological polar surface area (TPSA) is 108 Å². The lowest BCUT2D eigenvalue weighted by Crippen LogP contribution is -2.16. The van der Waals surface area contributed by atoms with Crippen molar-refractivity contribution in [2.45, 2.75) is 20.5 Å². The lowest BCUT2D eigenvalue weighted by Gasteiger charge is -2.11. The monoisotopic (exact) mass is 422 g/mol. The molecule has 156 valence electrons. The predicted octanol–water partition coefficient (Wildman–Crippen LogP) is 3.66. The van der Waals surface area contributed by atoms with E-state index in [0.29, 0.717) is 11.3 Å². The van der Waals surface area contributed by atoms with Crippen molar-refractivity contribution in [2.75, 3.05) is 5.32 Å². The van der Waals surface area contributed by atoms with Crippen molar-refractivity contribution in [1.29, 1.82) is 5.26 Å². The highest BCUT2D eigenvalue weighted by Gasteiger charge is 2.21. The summed E-state index contributed by atoms with van der Waals surface area (Å²) in [7, 11) is 0. The van der Waals surface area contributed by atoms with Crippen LogP contribution in [0.1, 0.15) is 32.9 Å². The van der Waals surface area contributed by atoms with Gasteiger partial charge in [-0.2, -0.15) is 10.4 Å². The quantitative estimate of drug-likeness (QED) is 0.510. The predicted molar refractivity (Wildman–Crippen MR) is 107 cm³/mol. The molecule has 0 spiro atoms. The Kier molecular flexibility index (Phi) is 5.09. The van der Waals surface area contributed by atoms with E-state index in [0.717, 1.165) is 17.7 Å². The number of amides is 1. The van der Waals surface area contributed by atoms with Crippen molar-refractivity contribution in [3.63, 3.8) is 0 Å². The van der Waals surface area contributed by atoms with Gasteiger partial charge in [0.2, 0.25) is 0 Å². The molecule has 10 heteroatoms. The number of hydrogen-bond acceptors (Lipinski definition) is 5. The Labute approximate surface area is 175 Å². The molecule has 4 aromatic rings. The van der Waals surface area contributed by atoms with Gasteiger partial charge in [0.05, 0.1) is 17.5 Å². The van der Waals surface area contributed by atoms with Crippen LogP contribution in [0.4, 0.5) is 14.6 Å². The second-order valence-corrected chi connectivity index (χ2v) is 6.83. The molecule has 3 aromatic heterocycles. The first kappa shape index (κ1) is 20.0. The summed E-state index contributed by atoms with van der Waals surface area (Å²) in [6.45, 7) is 3.09. The number of carbonyl (C=O) groups excluding carboxylic acids is 1. The molecule has 3 heterocycles. The van der Waals surface area contributed by atoms with E-state index in [2.05, 4.69) is 20.5 Å². The maximum Gasteiger partial charge on any atom is 0.275 e. The minimum absolute atomic E-state index is 0.168. The SMILES string of the molecule is Cc1cc(OCc2c(F)cccc2F)c2nc(C)c(C(=O)Nc3[nH]ncc3C#N)n2c1. The van der Waals surface area contributed by atoms with E-state index >= 15 is 0 Å².